The molecule has 0 aliphatic carbocycles. The number of hydrogen-bond acceptors (Lipinski definition) is 1. The summed E-state index contributed by atoms with van der Waals surface area (Å²) in [5.41, 5.74) is 14.3. The van der Waals surface area contributed by atoms with Crippen molar-refractivity contribution in [1.82, 2.24) is 18.3 Å². The van der Waals surface area contributed by atoms with Crippen LogP contribution < -0.4 is 0 Å². The van der Waals surface area contributed by atoms with Crippen LogP contribution in [0.3, 0.4) is 0 Å². The number of fused-ring (bicyclic) bond motifs is 14. The molecule has 0 fully saturated rings. The molecule has 0 unspecified atom stereocenters. The first-order valence-corrected chi connectivity index (χ1v) is 20.3. The van der Waals surface area contributed by atoms with Crippen LogP contribution in [0.25, 0.3) is 110 Å². The van der Waals surface area contributed by atoms with Crippen molar-refractivity contribution in [2.75, 3.05) is 0 Å². The summed E-state index contributed by atoms with van der Waals surface area (Å²) >= 11 is 0. The number of hydrogen-bond donors (Lipinski definition) is 0. The van der Waals surface area contributed by atoms with Gasteiger partial charge in [-0.15, -0.1) is 0 Å². The van der Waals surface area contributed by atoms with E-state index in [1.54, 1.807) is 0 Å². The van der Waals surface area contributed by atoms with E-state index in [0.29, 0.717) is 5.56 Å². The van der Waals surface area contributed by atoms with Crippen molar-refractivity contribution in [2.24, 2.45) is 0 Å². The lowest BCUT2D eigenvalue weighted by Crippen LogP contribution is -1.96. The molecular formula is C55H33N5. The van der Waals surface area contributed by atoms with Gasteiger partial charge in [-0.3, -0.25) is 0 Å². The van der Waals surface area contributed by atoms with Crippen LogP contribution in [0.15, 0.2) is 200 Å². The minimum Gasteiger partial charge on any atom is -0.309 e. The minimum atomic E-state index is 0.653. The fraction of sp³-hybridized carbons (Fsp3) is 0. The van der Waals surface area contributed by atoms with Crippen LogP contribution in [0.4, 0.5) is 0 Å². The molecule has 9 aromatic carbocycles. The second kappa shape index (κ2) is 12.3. The molecule has 5 heteroatoms. The molecule has 4 heterocycles. The van der Waals surface area contributed by atoms with Crippen LogP contribution >= 0.6 is 0 Å². The summed E-state index contributed by atoms with van der Waals surface area (Å²) in [7, 11) is 0. The van der Waals surface area contributed by atoms with Crippen molar-refractivity contribution in [3.8, 4) is 28.8 Å². The maximum absolute atomic E-state index is 9.95. The smallest absolute Gasteiger partial charge is 0.0991 e. The Balaban J connectivity index is 1.19. The molecule has 0 aliphatic heterocycles. The van der Waals surface area contributed by atoms with E-state index in [0.717, 1.165) is 66.6 Å². The molecule has 0 saturated heterocycles. The number of para-hydroxylation sites is 5. The van der Waals surface area contributed by atoms with E-state index in [4.69, 9.17) is 0 Å². The van der Waals surface area contributed by atoms with E-state index in [2.05, 4.69) is 212 Å². The zero-order valence-corrected chi connectivity index (χ0v) is 32.3. The molecule has 4 aromatic heterocycles. The van der Waals surface area contributed by atoms with E-state index < -0.39 is 0 Å². The average Bonchev–Trinajstić information content (AvgIpc) is 4.04. The van der Waals surface area contributed by atoms with E-state index in [9.17, 15) is 5.26 Å². The Labute approximate surface area is 344 Å². The fourth-order valence-electron chi connectivity index (χ4n) is 10.1. The lowest BCUT2D eigenvalue weighted by atomic mass is 10.1. The van der Waals surface area contributed by atoms with Gasteiger partial charge in [0.05, 0.1) is 55.8 Å². The van der Waals surface area contributed by atoms with Gasteiger partial charge in [0, 0.05) is 65.8 Å². The number of nitrogens with zero attached hydrogens (tertiary/aromatic N) is 5. The van der Waals surface area contributed by atoms with Crippen molar-refractivity contribution in [3.05, 3.63) is 206 Å². The summed E-state index contributed by atoms with van der Waals surface area (Å²) < 4.78 is 9.69. The number of benzene rings is 9. The van der Waals surface area contributed by atoms with E-state index in [-0.39, 0.29) is 0 Å². The fourth-order valence-corrected chi connectivity index (χ4v) is 10.1. The number of nitriles is 1. The Bertz CT molecular complexity index is 3930. The Morgan fingerprint density at radius 1 is 0.283 bits per heavy atom. The van der Waals surface area contributed by atoms with Crippen LogP contribution in [-0.2, 0) is 0 Å². The highest BCUT2D eigenvalue weighted by Gasteiger charge is 2.24. The van der Waals surface area contributed by atoms with Crippen molar-refractivity contribution in [1.29, 1.82) is 5.26 Å². The Hall–Kier alpha value is -8.33. The van der Waals surface area contributed by atoms with Crippen LogP contribution in [0.1, 0.15) is 5.56 Å². The molecular weight excluding hydrogens is 731 g/mol. The monoisotopic (exact) mass is 763 g/mol. The van der Waals surface area contributed by atoms with Gasteiger partial charge >= 0.3 is 0 Å². The summed E-state index contributed by atoms with van der Waals surface area (Å²) in [5, 5.41) is 19.4. The van der Waals surface area contributed by atoms with Crippen LogP contribution in [0, 0.1) is 11.3 Å². The van der Waals surface area contributed by atoms with Gasteiger partial charge in [0.25, 0.3) is 0 Å². The van der Waals surface area contributed by atoms with Gasteiger partial charge in [0.1, 0.15) is 0 Å². The highest BCUT2D eigenvalue weighted by Crippen LogP contribution is 2.45. The van der Waals surface area contributed by atoms with Crippen molar-refractivity contribution in [2.45, 2.75) is 0 Å². The Morgan fingerprint density at radius 3 is 1.33 bits per heavy atom. The highest BCUT2D eigenvalue weighted by atomic mass is 15.0. The Morgan fingerprint density at radius 2 is 0.717 bits per heavy atom. The molecule has 0 radical (unpaired) electrons. The molecule has 0 aliphatic rings. The summed E-state index contributed by atoms with van der Waals surface area (Å²) in [6, 6.07) is 74.2. The standard InChI is InChI=1S/C55H33N5/c56-34-35-24-28-48-44(32-35)42-27-31-50-52(55(42)60(48)38-18-8-3-9-19-38)43-21-11-13-23-47(43)58(50)39-25-29-49-45(33-39)53-51(57(49)36-14-4-1-5-15-36)30-26-41-40-20-10-12-22-46(40)59(54(41)53)37-16-6-2-7-17-37/h1-33H. The SMILES string of the molecule is N#Cc1ccc2c(c1)c1ccc3c(c4ccccc4n3-c3ccc4c(c3)c3c(ccc5c6ccccc6n(-c6ccccc6)c53)n4-c3ccccc3)c1n2-c1ccccc1. The third kappa shape index (κ3) is 4.39. The maximum atomic E-state index is 9.95. The normalized spacial score (nSPS) is 12.0. The first-order valence-electron chi connectivity index (χ1n) is 20.3. The molecule has 278 valence electrons. The maximum Gasteiger partial charge on any atom is 0.0991 e. The molecule has 60 heavy (non-hydrogen) atoms. The van der Waals surface area contributed by atoms with Gasteiger partial charge in [-0.1, -0.05) is 103 Å². The predicted molar refractivity (Wildman–Crippen MR) is 249 cm³/mol. The molecule has 13 aromatic rings. The topological polar surface area (TPSA) is 43.5 Å². The molecule has 0 atom stereocenters. The van der Waals surface area contributed by atoms with Gasteiger partial charge < -0.3 is 18.3 Å². The van der Waals surface area contributed by atoms with Gasteiger partial charge in [0.2, 0.25) is 0 Å². The van der Waals surface area contributed by atoms with Gasteiger partial charge in [-0.05, 0) is 97.1 Å². The lowest BCUT2D eigenvalue weighted by Gasteiger charge is -2.11. The molecule has 5 nitrogen and oxygen atoms in total. The molecule has 0 saturated carbocycles. The van der Waals surface area contributed by atoms with Crippen molar-refractivity contribution < 1.29 is 0 Å². The van der Waals surface area contributed by atoms with Crippen LogP contribution in [-0.4, -0.2) is 18.3 Å². The quantitative estimate of drug-likeness (QED) is 0.176. The van der Waals surface area contributed by atoms with E-state index in [1.165, 1.54) is 43.4 Å². The number of aromatic nitrogens is 4. The zero-order valence-electron chi connectivity index (χ0n) is 32.3. The summed E-state index contributed by atoms with van der Waals surface area (Å²) in [5.74, 6) is 0. The Kier molecular flexibility index (Phi) is 6.73. The average molecular weight is 764 g/mol. The van der Waals surface area contributed by atoms with Crippen LogP contribution in [0.5, 0.6) is 0 Å². The molecule has 0 spiro atoms. The largest absolute Gasteiger partial charge is 0.309 e. The first kappa shape index (κ1) is 32.7. The molecule has 0 amide bonds. The third-order valence-electron chi connectivity index (χ3n) is 12.5. The molecule has 0 bridgehead atoms. The minimum absolute atomic E-state index is 0.653. The van der Waals surface area contributed by atoms with Crippen molar-refractivity contribution in [3.63, 3.8) is 0 Å². The zero-order chi connectivity index (χ0) is 39.5. The summed E-state index contributed by atoms with van der Waals surface area (Å²) in [6.45, 7) is 0. The summed E-state index contributed by atoms with van der Waals surface area (Å²) in [4.78, 5) is 0. The van der Waals surface area contributed by atoms with Crippen LogP contribution in [0.2, 0.25) is 0 Å². The van der Waals surface area contributed by atoms with Gasteiger partial charge in [-0.25, -0.2) is 0 Å². The van der Waals surface area contributed by atoms with Gasteiger partial charge in [0.15, 0.2) is 0 Å². The second-order valence-corrected chi connectivity index (χ2v) is 15.6. The molecule has 13 rings (SSSR count). The first-order chi connectivity index (χ1) is 29.8. The third-order valence-corrected chi connectivity index (χ3v) is 12.5. The molecule has 0 N–H and O–H groups in total. The summed E-state index contributed by atoms with van der Waals surface area (Å²) in [6.07, 6.45) is 0. The van der Waals surface area contributed by atoms with E-state index >= 15 is 0 Å². The predicted octanol–water partition coefficient (Wildman–Crippen LogP) is 13.9. The van der Waals surface area contributed by atoms with Gasteiger partial charge in [-0.2, -0.15) is 5.26 Å². The number of rotatable bonds is 4. The van der Waals surface area contributed by atoms with E-state index in [1.807, 2.05) is 12.1 Å². The lowest BCUT2D eigenvalue weighted by molar-refractivity contribution is 1.16. The highest BCUT2D eigenvalue weighted by molar-refractivity contribution is 6.28. The van der Waals surface area contributed by atoms with Crippen molar-refractivity contribution >= 4 is 87.2 Å². The second-order valence-electron chi connectivity index (χ2n) is 15.6.